The zero-order valence-corrected chi connectivity index (χ0v) is 12.1. The van der Waals surface area contributed by atoms with Gasteiger partial charge in [-0.2, -0.15) is 15.3 Å². The Morgan fingerprint density at radius 1 is 1.32 bits per heavy atom. The number of benzene rings is 1. The molecule has 0 amide bonds. The molecule has 4 N–H and O–H groups in total. The molecule has 1 atom stereocenters. The van der Waals surface area contributed by atoms with Crippen molar-refractivity contribution < 1.29 is 8.42 Å². The Hall–Kier alpha value is -1.61. The molecule has 0 aromatic heterocycles. The minimum atomic E-state index is -3.43. The molecule has 0 aliphatic carbocycles. The van der Waals surface area contributed by atoms with Crippen LogP contribution in [0.25, 0.3) is 0 Å². The van der Waals surface area contributed by atoms with E-state index in [9.17, 15) is 8.42 Å². The van der Waals surface area contributed by atoms with Gasteiger partial charge in [-0.05, 0) is 31.2 Å². The van der Waals surface area contributed by atoms with Crippen molar-refractivity contribution in [1.29, 1.82) is 0 Å². The second kappa shape index (κ2) is 6.53. The number of hydrogen-bond acceptors (Lipinski definition) is 8. The number of nitrogens with two attached hydrogens (primary N) is 2. The van der Waals surface area contributed by atoms with Gasteiger partial charge in [0.25, 0.3) is 0 Å². The molecule has 7 nitrogen and oxygen atoms in total. The van der Waals surface area contributed by atoms with E-state index in [4.69, 9.17) is 11.6 Å². The fourth-order valence-electron chi connectivity index (χ4n) is 1.07. The normalized spacial score (nSPS) is 14.7. The summed E-state index contributed by atoms with van der Waals surface area (Å²) in [5, 5.41) is 10.8. The van der Waals surface area contributed by atoms with Crippen LogP contribution in [0.3, 0.4) is 0 Å². The van der Waals surface area contributed by atoms with Gasteiger partial charge in [-0.25, -0.2) is 8.42 Å². The Kier molecular flexibility index (Phi) is 5.31. The highest BCUT2D eigenvalue weighted by Crippen LogP contribution is 2.20. The van der Waals surface area contributed by atoms with Gasteiger partial charge in [0.05, 0.1) is 5.69 Å². The molecule has 1 rings (SSSR count). The van der Waals surface area contributed by atoms with Gasteiger partial charge in [0.15, 0.2) is 0 Å². The van der Waals surface area contributed by atoms with E-state index in [0.29, 0.717) is 11.4 Å². The lowest BCUT2D eigenvalue weighted by molar-refractivity contribution is 0.613. The van der Waals surface area contributed by atoms with Crippen molar-refractivity contribution in [3.05, 3.63) is 24.3 Å². The number of anilines is 1. The predicted octanol–water partition coefficient (Wildman–Crippen LogP) is 1.71. The summed E-state index contributed by atoms with van der Waals surface area (Å²) < 4.78 is 22.4. The molecule has 1 aromatic carbocycles. The third-order valence-electron chi connectivity index (χ3n) is 1.92. The Bertz CT molecular complexity index is 580. The molecule has 9 heteroatoms. The second-order valence-corrected chi connectivity index (χ2v) is 7.19. The Morgan fingerprint density at radius 2 is 1.89 bits per heavy atom. The van der Waals surface area contributed by atoms with Crippen molar-refractivity contribution >= 4 is 37.3 Å². The zero-order valence-electron chi connectivity index (χ0n) is 10.5. The van der Waals surface area contributed by atoms with Crippen LogP contribution in [0.15, 0.2) is 39.6 Å². The van der Waals surface area contributed by atoms with Crippen LogP contribution < -0.4 is 11.6 Å². The van der Waals surface area contributed by atoms with E-state index >= 15 is 0 Å². The molecule has 0 aliphatic heterocycles. The van der Waals surface area contributed by atoms with Crippen molar-refractivity contribution in [1.82, 2.24) is 0 Å². The summed E-state index contributed by atoms with van der Waals surface area (Å²) in [6.45, 7) is 1.70. The summed E-state index contributed by atoms with van der Waals surface area (Å²) in [7, 11) is -3.43. The molecular formula is C10H15N5O2S2. The third kappa shape index (κ3) is 5.26. The Balaban J connectivity index is 2.70. The first-order valence-electron chi connectivity index (χ1n) is 5.24. The standard InChI is InChI=1S/C10H15N5O2S2/c1-7(18-10(13-12)19(2,16)17)14-15-9-5-3-8(11)4-6-9/h3-7H,11-12H2,1-2H3/b13-10-,15-14?. The van der Waals surface area contributed by atoms with Gasteiger partial charge in [0, 0.05) is 11.9 Å². The molecule has 0 bridgehead atoms. The fourth-order valence-corrected chi connectivity index (χ4v) is 2.83. The molecule has 104 valence electrons. The maximum absolute atomic E-state index is 11.3. The van der Waals surface area contributed by atoms with Crippen LogP contribution >= 0.6 is 11.8 Å². The zero-order chi connectivity index (χ0) is 14.5. The smallest absolute Gasteiger partial charge is 0.209 e. The summed E-state index contributed by atoms with van der Waals surface area (Å²) in [5.41, 5.74) is 6.81. The first kappa shape index (κ1) is 15.4. The van der Waals surface area contributed by atoms with Gasteiger partial charge < -0.3 is 11.6 Å². The molecule has 0 heterocycles. The van der Waals surface area contributed by atoms with Crippen molar-refractivity contribution in [3.63, 3.8) is 0 Å². The number of hydrazone groups is 1. The lowest BCUT2D eigenvalue weighted by Gasteiger charge is -2.05. The van der Waals surface area contributed by atoms with Crippen LogP contribution in [0, 0.1) is 0 Å². The molecule has 0 saturated heterocycles. The number of hydrogen-bond donors (Lipinski definition) is 2. The number of thioether (sulfide) groups is 1. The predicted molar refractivity (Wildman–Crippen MR) is 78.9 cm³/mol. The van der Waals surface area contributed by atoms with Crippen LogP contribution in [0.1, 0.15) is 6.92 Å². The number of azo groups is 1. The van der Waals surface area contributed by atoms with Crippen molar-refractivity contribution in [2.75, 3.05) is 12.0 Å². The molecule has 0 saturated carbocycles. The monoisotopic (exact) mass is 301 g/mol. The van der Waals surface area contributed by atoms with Crippen molar-refractivity contribution in [3.8, 4) is 0 Å². The van der Waals surface area contributed by atoms with Crippen LogP contribution in [0.2, 0.25) is 0 Å². The van der Waals surface area contributed by atoms with E-state index in [2.05, 4.69) is 15.3 Å². The minimum absolute atomic E-state index is 0.170. The van der Waals surface area contributed by atoms with Crippen LogP contribution in [-0.2, 0) is 9.84 Å². The Labute approximate surface area is 116 Å². The van der Waals surface area contributed by atoms with E-state index in [1.165, 1.54) is 0 Å². The largest absolute Gasteiger partial charge is 0.399 e. The number of nitrogen functional groups attached to an aromatic ring is 1. The highest BCUT2D eigenvalue weighted by atomic mass is 32.3. The topological polar surface area (TPSA) is 123 Å². The first-order valence-corrected chi connectivity index (χ1v) is 8.01. The van der Waals surface area contributed by atoms with Crippen molar-refractivity contribution in [2.45, 2.75) is 12.3 Å². The molecule has 19 heavy (non-hydrogen) atoms. The highest BCUT2D eigenvalue weighted by molar-refractivity contribution is 8.35. The summed E-state index contributed by atoms with van der Waals surface area (Å²) in [5.74, 6) is 5.03. The number of nitrogens with zero attached hydrogens (tertiary/aromatic N) is 3. The lowest BCUT2D eigenvalue weighted by Crippen LogP contribution is -2.13. The van der Waals surface area contributed by atoms with Gasteiger partial charge in [-0.3, -0.25) is 0 Å². The van der Waals surface area contributed by atoms with E-state index in [0.717, 1.165) is 18.0 Å². The summed E-state index contributed by atoms with van der Waals surface area (Å²) in [4.78, 5) is 0. The summed E-state index contributed by atoms with van der Waals surface area (Å²) in [6.07, 6.45) is 1.04. The average Bonchev–Trinajstić information content (AvgIpc) is 2.34. The average molecular weight is 301 g/mol. The number of sulfone groups is 1. The van der Waals surface area contributed by atoms with E-state index in [-0.39, 0.29) is 4.38 Å². The molecule has 0 aliphatic rings. The molecule has 0 fully saturated rings. The lowest BCUT2D eigenvalue weighted by atomic mass is 10.3. The minimum Gasteiger partial charge on any atom is -0.399 e. The summed E-state index contributed by atoms with van der Waals surface area (Å²) in [6, 6.07) is 6.83. The summed E-state index contributed by atoms with van der Waals surface area (Å²) >= 11 is 0.926. The highest BCUT2D eigenvalue weighted by Gasteiger charge is 2.17. The van der Waals surface area contributed by atoms with Crippen LogP contribution in [0.4, 0.5) is 11.4 Å². The molecule has 0 radical (unpaired) electrons. The van der Waals surface area contributed by atoms with Gasteiger partial charge in [-0.15, -0.1) is 0 Å². The fraction of sp³-hybridized carbons (Fsp3) is 0.300. The number of rotatable bonds is 3. The van der Waals surface area contributed by atoms with Crippen LogP contribution in [-0.4, -0.2) is 24.4 Å². The third-order valence-corrected chi connectivity index (χ3v) is 4.60. The van der Waals surface area contributed by atoms with Crippen molar-refractivity contribution in [2.24, 2.45) is 21.2 Å². The van der Waals surface area contributed by atoms with Gasteiger partial charge in [0.2, 0.25) is 14.2 Å². The molecule has 1 unspecified atom stereocenters. The van der Waals surface area contributed by atoms with E-state index in [1.807, 2.05) is 0 Å². The van der Waals surface area contributed by atoms with E-state index in [1.54, 1.807) is 31.2 Å². The maximum atomic E-state index is 11.3. The van der Waals surface area contributed by atoms with Crippen LogP contribution in [0.5, 0.6) is 0 Å². The first-order chi connectivity index (χ1) is 8.82. The van der Waals surface area contributed by atoms with Gasteiger partial charge in [0.1, 0.15) is 5.37 Å². The quantitative estimate of drug-likeness (QED) is 0.220. The van der Waals surface area contributed by atoms with E-state index < -0.39 is 15.2 Å². The van der Waals surface area contributed by atoms with Gasteiger partial charge >= 0.3 is 0 Å². The Morgan fingerprint density at radius 3 is 2.37 bits per heavy atom. The SMILES string of the molecule is CC(N=Nc1ccc(N)cc1)S/C(=N/N)S(C)(=O)=O. The maximum Gasteiger partial charge on any atom is 0.209 e. The second-order valence-electron chi connectivity index (χ2n) is 3.69. The molecular weight excluding hydrogens is 286 g/mol. The van der Waals surface area contributed by atoms with Gasteiger partial charge in [-0.1, -0.05) is 11.8 Å². The molecule has 1 aromatic rings. The molecule has 0 spiro atoms.